The van der Waals surface area contributed by atoms with Crippen LogP contribution in [0, 0.1) is 5.41 Å². The number of para-hydroxylation sites is 1. The molecule has 0 saturated carbocycles. The molecule has 0 bridgehead atoms. The van der Waals surface area contributed by atoms with Gasteiger partial charge in [0.1, 0.15) is 6.04 Å². The summed E-state index contributed by atoms with van der Waals surface area (Å²) in [7, 11) is 0. The first-order chi connectivity index (χ1) is 14.2. The predicted molar refractivity (Wildman–Crippen MR) is 118 cm³/mol. The molecular weight excluding hydrogens is 380 g/mol. The largest absolute Gasteiger partial charge is 0.330 e. The van der Waals surface area contributed by atoms with Crippen LogP contribution in [0.2, 0.25) is 0 Å². The van der Waals surface area contributed by atoms with Gasteiger partial charge in [0.15, 0.2) is 0 Å². The number of nitrogens with one attached hydrogen (secondary N) is 3. The average molecular weight is 409 g/mol. The van der Waals surface area contributed by atoms with E-state index in [1.54, 1.807) is 41.3 Å². The van der Waals surface area contributed by atoms with Gasteiger partial charge in [0, 0.05) is 29.0 Å². The number of anilines is 3. The predicted octanol–water partition coefficient (Wildman–Crippen LogP) is 4.31. The molecule has 1 atom stereocenters. The smallest absolute Gasteiger partial charge is 0.323 e. The van der Waals surface area contributed by atoms with Crippen molar-refractivity contribution in [2.45, 2.75) is 39.7 Å². The number of carbonyl (C=O) groups is 3. The van der Waals surface area contributed by atoms with Gasteiger partial charge >= 0.3 is 6.03 Å². The minimum Gasteiger partial charge on any atom is -0.330 e. The van der Waals surface area contributed by atoms with Gasteiger partial charge in [0.25, 0.3) is 0 Å². The summed E-state index contributed by atoms with van der Waals surface area (Å²) >= 11 is 0. The van der Waals surface area contributed by atoms with E-state index >= 15 is 0 Å². The number of likely N-dealkylation sites (tertiary alicyclic amines) is 1. The molecule has 30 heavy (non-hydrogen) atoms. The van der Waals surface area contributed by atoms with Crippen LogP contribution in [-0.2, 0) is 9.59 Å². The summed E-state index contributed by atoms with van der Waals surface area (Å²) in [5.41, 5.74) is 1.40. The van der Waals surface area contributed by atoms with Gasteiger partial charge < -0.3 is 20.9 Å². The number of benzene rings is 2. The molecule has 3 rings (SSSR count). The highest BCUT2D eigenvalue weighted by molar-refractivity contribution is 6.00. The van der Waals surface area contributed by atoms with Crippen molar-refractivity contribution in [2.24, 2.45) is 5.41 Å². The van der Waals surface area contributed by atoms with E-state index in [1.165, 1.54) is 0 Å². The van der Waals surface area contributed by atoms with Gasteiger partial charge in [-0.3, -0.25) is 9.59 Å². The zero-order valence-electron chi connectivity index (χ0n) is 17.6. The van der Waals surface area contributed by atoms with Crippen molar-refractivity contribution in [2.75, 3.05) is 22.5 Å². The van der Waals surface area contributed by atoms with Gasteiger partial charge in [-0.15, -0.1) is 0 Å². The summed E-state index contributed by atoms with van der Waals surface area (Å²) in [5, 5.41) is 8.37. The van der Waals surface area contributed by atoms with Crippen molar-refractivity contribution in [1.29, 1.82) is 0 Å². The van der Waals surface area contributed by atoms with Crippen molar-refractivity contribution >= 4 is 34.9 Å². The topological polar surface area (TPSA) is 90.5 Å². The molecule has 158 valence electrons. The van der Waals surface area contributed by atoms with E-state index in [-0.39, 0.29) is 17.8 Å². The highest BCUT2D eigenvalue weighted by Crippen LogP contribution is 2.26. The lowest BCUT2D eigenvalue weighted by atomic mass is 9.94. The third-order valence-electron chi connectivity index (χ3n) is 4.90. The molecule has 1 heterocycles. The lowest BCUT2D eigenvalue weighted by molar-refractivity contribution is -0.143. The van der Waals surface area contributed by atoms with Gasteiger partial charge in [0.2, 0.25) is 11.8 Å². The fraction of sp³-hybridized carbons (Fsp3) is 0.348. The summed E-state index contributed by atoms with van der Waals surface area (Å²) < 4.78 is 0. The molecule has 0 aliphatic carbocycles. The number of nitrogens with zero attached hydrogens (tertiary/aromatic N) is 1. The van der Waals surface area contributed by atoms with Gasteiger partial charge in [-0.05, 0) is 49.2 Å². The summed E-state index contributed by atoms with van der Waals surface area (Å²) in [6.07, 6.45) is 1.48. The lowest BCUT2D eigenvalue weighted by Gasteiger charge is -2.30. The third-order valence-corrected chi connectivity index (χ3v) is 4.90. The molecule has 7 nitrogen and oxygen atoms in total. The van der Waals surface area contributed by atoms with Crippen molar-refractivity contribution in [3.8, 4) is 0 Å². The Bertz CT molecular complexity index is 904. The Morgan fingerprint density at radius 3 is 1.93 bits per heavy atom. The molecule has 2 aromatic rings. The van der Waals surface area contributed by atoms with Gasteiger partial charge in [-0.1, -0.05) is 39.0 Å². The summed E-state index contributed by atoms with van der Waals surface area (Å²) in [6.45, 7) is 6.19. The maximum atomic E-state index is 12.7. The zero-order valence-corrected chi connectivity index (χ0v) is 17.6. The van der Waals surface area contributed by atoms with Crippen LogP contribution < -0.4 is 16.0 Å². The summed E-state index contributed by atoms with van der Waals surface area (Å²) in [5.74, 6) is -0.197. The van der Waals surface area contributed by atoms with E-state index in [4.69, 9.17) is 0 Å². The monoisotopic (exact) mass is 408 g/mol. The molecule has 4 amide bonds. The van der Waals surface area contributed by atoms with Gasteiger partial charge in [-0.2, -0.15) is 0 Å². The maximum absolute atomic E-state index is 12.7. The van der Waals surface area contributed by atoms with E-state index in [0.717, 1.165) is 6.42 Å². The first-order valence-corrected chi connectivity index (χ1v) is 10.1. The van der Waals surface area contributed by atoms with Crippen LogP contribution in [0.25, 0.3) is 0 Å². The summed E-state index contributed by atoms with van der Waals surface area (Å²) in [4.78, 5) is 39.1. The van der Waals surface area contributed by atoms with Crippen LogP contribution in [0.1, 0.15) is 33.6 Å². The Hall–Kier alpha value is -3.35. The Morgan fingerprint density at radius 1 is 0.833 bits per heavy atom. The molecule has 0 spiro atoms. The highest BCUT2D eigenvalue weighted by atomic mass is 16.2. The van der Waals surface area contributed by atoms with Crippen LogP contribution in [-0.4, -0.2) is 35.3 Å². The van der Waals surface area contributed by atoms with E-state index in [1.807, 2.05) is 39.0 Å². The SMILES string of the molecule is CC(C)(C)C(=O)N1CCCC1C(=O)Nc1ccc(NC(=O)Nc2ccccc2)cc1. The van der Waals surface area contributed by atoms with Gasteiger partial charge in [-0.25, -0.2) is 4.79 Å². The molecule has 3 N–H and O–H groups in total. The summed E-state index contributed by atoms with van der Waals surface area (Å²) in [6, 6.07) is 15.2. The van der Waals surface area contributed by atoms with Crippen LogP contribution in [0.3, 0.4) is 0 Å². The molecule has 1 aliphatic heterocycles. The van der Waals surface area contributed by atoms with Crippen LogP contribution in [0.15, 0.2) is 54.6 Å². The second kappa shape index (κ2) is 8.98. The third kappa shape index (κ3) is 5.37. The lowest BCUT2D eigenvalue weighted by Crippen LogP contribution is -2.47. The van der Waals surface area contributed by atoms with E-state index in [0.29, 0.717) is 30.0 Å². The minimum atomic E-state index is -0.517. The molecule has 7 heteroatoms. The fourth-order valence-corrected chi connectivity index (χ4v) is 3.39. The first-order valence-electron chi connectivity index (χ1n) is 10.1. The maximum Gasteiger partial charge on any atom is 0.323 e. The zero-order chi connectivity index (χ0) is 21.7. The van der Waals surface area contributed by atoms with Crippen molar-refractivity contribution in [1.82, 2.24) is 4.90 Å². The van der Waals surface area contributed by atoms with Crippen LogP contribution in [0.5, 0.6) is 0 Å². The molecule has 0 aromatic heterocycles. The highest BCUT2D eigenvalue weighted by Gasteiger charge is 2.38. The molecule has 0 radical (unpaired) electrons. The number of hydrogen-bond acceptors (Lipinski definition) is 3. The van der Waals surface area contributed by atoms with Crippen molar-refractivity contribution in [3.05, 3.63) is 54.6 Å². The van der Waals surface area contributed by atoms with Crippen LogP contribution >= 0.6 is 0 Å². The van der Waals surface area contributed by atoms with E-state index in [2.05, 4.69) is 16.0 Å². The normalized spacial score (nSPS) is 16.1. The second-order valence-corrected chi connectivity index (χ2v) is 8.42. The Morgan fingerprint density at radius 2 is 1.37 bits per heavy atom. The standard InChI is InChI=1S/C23H28N4O3/c1-23(2,3)21(29)27-15-7-10-19(27)20(28)24-17-11-13-18(14-12-17)26-22(30)25-16-8-5-4-6-9-16/h4-6,8-9,11-14,19H,7,10,15H2,1-3H3,(H,24,28)(H2,25,26,30). The van der Waals surface area contributed by atoms with E-state index < -0.39 is 11.5 Å². The molecule has 1 fully saturated rings. The number of hydrogen-bond donors (Lipinski definition) is 3. The molecule has 1 aliphatic rings. The van der Waals surface area contributed by atoms with E-state index in [9.17, 15) is 14.4 Å². The number of amides is 4. The number of carbonyl (C=O) groups excluding carboxylic acids is 3. The van der Waals surface area contributed by atoms with Crippen molar-refractivity contribution in [3.63, 3.8) is 0 Å². The van der Waals surface area contributed by atoms with Crippen LogP contribution in [0.4, 0.5) is 21.9 Å². The molecule has 1 saturated heterocycles. The number of rotatable bonds is 4. The average Bonchev–Trinajstić information content (AvgIpc) is 3.18. The Balaban J connectivity index is 1.56. The molecular formula is C23H28N4O3. The molecule has 1 unspecified atom stereocenters. The second-order valence-electron chi connectivity index (χ2n) is 8.42. The Kier molecular flexibility index (Phi) is 6.40. The minimum absolute atomic E-state index is 0.0101. The van der Waals surface area contributed by atoms with Crippen molar-refractivity contribution < 1.29 is 14.4 Å². The fourth-order valence-electron chi connectivity index (χ4n) is 3.39. The quantitative estimate of drug-likeness (QED) is 0.704. The molecule has 2 aromatic carbocycles. The number of urea groups is 1. The Labute approximate surface area is 176 Å². The first kappa shape index (κ1) is 21.4. The van der Waals surface area contributed by atoms with Gasteiger partial charge in [0.05, 0.1) is 0 Å².